The van der Waals surface area contributed by atoms with E-state index in [-0.39, 0.29) is 17.2 Å². The van der Waals surface area contributed by atoms with Crippen LogP contribution in [0.1, 0.15) is 42.5 Å². The third-order valence-corrected chi connectivity index (χ3v) is 3.84. The fraction of sp³-hybridized carbons (Fsp3) is 0.571. The van der Waals surface area contributed by atoms with Crippen LogP contribution < -0.4 is 10.6 Å². The van der Waals surface area contributed by atoms with E-state index in [1.54, 1.807) is 7.05 Å². The molecule has 1 aliphatic rings. The Morgan fingerprint density at radius 1 is 1.43 bits per heavy atom. The zero-order valence-corrected chi connectivity index (χ0v) is 12.1. The Hall–Kier alpha value is -2.18. The maximum atomic E-state index is 12.2. The Labute approximate surface area is 123 Å². The van der Waals surface area contributed by atoms with Crippen molar-refractivity contribution >= 4 is 17.4 Å². The highest BCUT2D eigenvalue weighted by atomic mass is 16.6. The Morgan fingerprint density at radius 2 is 2.14 bits per heavy atom. The number of rotatable bonds is 5. The SMILES string of the molecule is CNc1ncc([N+](=O)[O-])cc1C(=O)NCC1CCCCC1. The highest BCUT2D eigenvalue weighted by Gasteiger charge is 2.19. The van der Waals surface area contributed by atoms with Gasteiger partial charge in [-0.3, -0.25) is 14.9 Å². The van der Waals surface area contributed by atoms with Gasteiger partial charge in [0, 0.05) is 19.7 Å². The smallest absolute Gasteiger partial charge is 0.288 e. The van der Waals surface area contributed by atoms with Crippen molar-refractivity contribution in [3.05, 3.63) is 27.9 Å². The predicted octanol–water partition coefficient (Wildman–Crippen LogP) is 2.34. The first-order valence-electron chi connectivity index (χ1n) is 7.22. The molecular weight excluding hydrogens is 272 g/mol. The van der Waals surface area contributed by atoms with E-state index in [0.29, 0.717) is 18.3 Å². The van der Waals surface area contributed by atoms with Gasteiger partial charge in [0.2, 0.25) is 0 Å². The monoisotopic (exact) mass is 292 g/mol. The summed E-state index contributed by atoms with van der Waals surface area (Å²) >= 11 is 0. The van der Waals surface area contributed by atoms with E-state index in [2.05, 4.69) is 15.6 Å². The number of nitrogens with one attached hydrogen (secondary N) is 2. The second-order valence-electron chi connectivity index (χ2n) is 5.31. The molecule has 0 saturated heterocycles. The van der Waals surface area contributed by atoms with Crippen LogP contribution in [0.2, 0.25) is 0 Å². The molecule has 0 bridgehead atoms. The van der Waals surface area contributed by atoms with Crippen LogP contribution in [0.4, 0.5) is 11.5 Å². The van der Waals surface area contributed by atoms with Crippen molar-refractivity contribution < 1.29 is 9.72 Å². The van der Waals surface area contributed by atoms with Gasteiger partial charge in [-0.05, 0) is 18.8 Å². The molecule has 2 rings (SSSR count). The number of carbonyl (C=O) groups is 1. The van der Waals surface area contributed by atoms with Crippen LogP contribution in [-0.2, 0) is 0 Å². The number of hydrogen-bond donors (Lipinski definition) is 2. The minimum absolute atomic E-state index is 0.184. The van der Waals surface area contributed by atoms with Gasteiger partial charge in [0.15, 0.2) is 0 Å². The molecular formula is C14H20N4O3. The third kappa shape index (κ3) is 3.90. The standard InChI is InChI=1S/C14H20N4O3/c1-15-13-12(7-11(9-16-13)18(20)21)14(19)17-8-10-5-3-2-4-6-10/h7,9-10H,2-6,8H2,1H3,(H,15,16)(H,17,19). The van der Waals surface area contributed by atoms with Gasteiger partial charge in [0.25, 0.3) is 11.6 Å². The maximum absolute atomic E-state index is 12.2. The molecule has 7 nitrogen and oxygen atoms in total. The molecule has 1 amide bonds. The molecule has 2 N–H and O–H groups in total. The minimum Gasteiger partial charge on any atom is -0.372 e. The summed E-state index contributed by atoms with van der Waals surface area (Å²) < 4.78 is 0. The van der Waals surface area contributed by atoms with E-state index in [1.165, 1.54) is 25.3 Å². The summed E-state index contributed by atoms with van der Waals surface area (Å²) in [7, 11) is 1.63. The van der Waals surface area contributed by atoms with Crippen molar-refractivity contribution in [1.82, 2.24) is 10.3 Å². The normalized spacial score (nSPS) is 15.5. The van der Waals surface area contributed by atoms with Crippen molar-refractivity contribution in [2.24, 2.45) is 5.92 Å². The molecule has 1 aromatic heterocycles. The van der Waals surface area contributed by atoms with Gasteiger partial charge in [0.05, 0.1) is 10.5 Å². The van der Waals surface area contributed by atoms with Crippen LogP contribution in [0, 0.1) is 16.0 Å². The van der Waals surface area contributed by atoms with Crippen molar-refractivity contribution in [2.45, 2.75) is 32.1 Å². The molecule has 1 fully saturated rings. The summed E-state index contributed by atoms with van der Waals surface area (Å²) in [5, 5.41) is 16.4. The molecule has 0 radical (unpaired) electrons. The number of nitrogens with zero attached hydrogens (tertiary/aromatic N) is 2. The first kappa shape index (κ1) is 15.2. The summed E-state index contributed by atoms with van der Waals surface area (Å²) in [4.78, 5) is 26.4. The fourth-order valence-electron chi connectivity index (χ4n) is 2.65. The van der Waals surface area contributed by atoms with Gasteiger partial charge < -0.3 is 10.6 Å². The lowest BCUT2D eigenvalue weighted by atomic mass is 9.89. The lowest BCUT2D eigenvalue weighted by Gasteiger charge is -2.21. The van der Waals surface area contributed by atoms with Crippen molar-refractivity contribution in [3.63, 3.8) is 0 Å². The van der Waals surface area contributed by atoms with Gasteiger partial charge in [-0.2, -0.15) is 0 Å². The zero-order chi connectivity index (χ0) is 15.2. The highest BCUT2D eigenvalue weighted by molar-refractivity contribution is 5.99. The van der Waals surface area contributed by atoms with Gasteiger partial charge in [-0.1, -0.05) is 19.3 Å². The Balaban J connectivity index is 2.06. The van der Waals surface area contributed by atoms with Crippen molar-refractivity contribution in [3.8, 4) is 0 Å². The Morgan fingerprint density at radius 3 is 2.76 bits per heavy atom. The quantitative estimate of drug-likeness (QED) is 0.641. The minimum atomic E-state index is -0.551. The number of amides is 1. The summed E-state index contributed by atoms with van der Waals surface area (Å²) in [5.74, 6) is 0.537. The van der Waals surface area contributed by atoms with Gasteiger partial charge in [-0.15, -0.1) is 0 Å². The first-order chi connectivity index (χ1) is 10.1. The van der Waals surface area contributed by atoms with Crippen molar-refractivity contribution in [2.75, 3.05) is 18.9 Å². The van der Waals surface area contributed by atoms with Crippen LogP contribution in [0.5, 0.6) is 0 Å². The highest BCUT2D eigenvalue weighted by Crippen LogP contribution is 2.23. The molecule has 7 heteroatoms. The summed E-state index contributed by atoms with van der Waals surface area (Å²) in [5.41, 5.74) is 0.0272. The largest absolute Gasteiger partial charge is 0.372 e. The summed E-state index contributed by atoms with van der Waals surface area (Å²) in [6.45, 7) is 0.616. The van der Waals surface area contributed by atoms with E-state index in [9.17, 15) is 14.9 Å². The predicted molar refractivity (Wildman–Crippen MR) is 79.3 cm³/mol. The fourth-order valence-corrected chi connectivity index (χ4v) is 2.65. The average Bonchev–Trinajstić information content (AvgIpc) is 2.52. The van der Waals surface area contributed by atoms with Crippen LogP contribution in [-0.4, -0.2) is 29.4 Å². The number of anilines is 1. The number of nitro groups is 1. The number of pyridine rings is 1. The molecule has 21 heavy (non-hydrogen) atoms. The molecule has 0 aromatic carbocycles. The summed E-state index contributed by atoms with van der Waals surface area (Å²) in [6.07, 6.45) is 7.09. The molecule has 1 heterocycles. The maximum Gasteiger partial charge on any atom is 0.288 e. The molecule has 1 aliphatic carbocycles. The van der Waals surface area contributed by atoms with E-state index in [0.717, 1.165) is 19.0 Å². The van der Waals surface area contributed by atoms with Crippen LogP contribution in [0.15, 0.2) is 12.3 Å². The van der Waals surface area contributed by atoms with Gasteiger partial charge >= 0.3 is 0 Å². The molecule has 1 aromatic rings. The average molecular weight is 292 g/mol. The first-order valence-corrected chi connectivity index (χ1v) is 7.22. The van der Waals surface area contributed by atoms with E-state index < -0.39 is 4.92 Å². The number of carbonyl (C=O) groups excluding carboxylic acids is 1. The zero-order valence-electron chi connectivity index (χ0n) is 12.1. The van der Waals surface area contributed by atoms with Crippen molar-refractivity contribution in [1.29, 1.82) is 0 Å². The molecule has 0 unspecified atom stereocenters. The molecule has 114 valence electrons. The Kier molecular flexibility index (Phi) is 5.08. The second-order valence-corrected chi connectivity index (χ2v) is 5.31. The van der Waals surface area contributed by atoms with E-state index in [1.807, 2.05) is 0 Å². The van der Waals surface area contributed by atoms with Crippen LogP contribution in [0.25, 0.3) is 0 Å². The van der Waals surface area contributed by atoms with Crippen LogP contribution >= 0.6 is 0 Å². The topological polar surface area (TPSA) is 97.2 Å². The number of aromatic nitrogens is 1. The third-order valence-electron chi connectivity index (χ3n) is 3.84. The second kappa shape index (κ2) is 7.01. The lowest BCUT2D eigenvalue weighted by molar-refractivity contribution is -0.385. The van der Waals surface area contributed by atoms with Gasteiger partial charge in [0.1, 0.15) is 12.0 Å². The molecule has 0 atom stereocenters. The van der Waals surface area contributed by atoms with Gasteiger partial charge in [-0.25, -0.2) is 4.98 Å². The van der Waals surface area contributed by atoms with E-state index >= 15 is 0 Å². The van der Waals surface area contributed by atoms with Crippen LogP contribution in [0.3, 0.4) is 0 Å². The molecule has 0 spiro atoms. The molecule has 0 aliphatic heterocycles. The summed E-state index contributed by atoms with van der Waals surface area (Å²) in [6, 6.07) is 1.26. The lowest BCUT2D eigenvalue weighted by Crippen LogP contribution is -2.30. The molecule has 1 saturated carbocycles. The van der Waals surface area contributed by atoms with E-state index in [4.69, 9.17) is 0 Å². The Bertz CT molecular complexity index is 527. The number of hydrogen-bond acceptors (Lipinski definition) is 5.